The molecule has 1 aromatic rings. The van der Waals surface area contributed by atoms with Gasteiger partial charge in [-0.15, -0.1) is 0 Å². The quantitative estimate of drug-likeness (QED) is 0.758. The van der Waals surface area contributed by atoms with Crippen molar-refractivity contribution in [3.05, 3.63) is 28.2 Å². The van der Waals surface area contributed by atoms with Crippen molar-refractivity contribution in [1.29, 1.82) is 0 Å². The van der Waals surface area contributed by atoms with Crippen LogP contribution in [0.15, 0.2) is 22.7 Å². The molecule has 0 aliphatic heterocycles. The van der Waals surface area contributed by atoms with Gasteiger partial charge >= 0.3 is 5.97 Å². The second-order valence-electron chi connectivity index (χ2n) is 4.05. The van der Waals surface area contributed by atoms with Gasteiger partial charge in [0.25, 0.3) is 0 Å². The summed E-state index contributed by atoms with van der Waals surface area (Å²) in [4.78, 5) is 10.3. The summed E-state index contributed by atoms with van der Waals surface area (Å²) >= 11 is 3.36. The number of benzene rings is 1. The van der Waals surface area contributed by atoms with Gasteiger partial charge in [0.1, 0.15) is 5.75 Å². The summed E-state index contributed by atoms with van der Waals surface area (Å²) < 4.78 is 5.91. The lowest BCUT2D eigenvalue weighted by Crippen LogP contribution is -1.99. The molecule has 0 fully saturated rings. The maximum absolute atomic E-state index is 10.3. The van der Waals surface area contributed by atoms with Crippen LogP contribution >= 0.6 is 15.9 Å². The topological polar surface area (TPSA) is 66.8 Å². The van der Waals surface area contributed by atoms with Gasteiger partial charge in [0.15, 0.2) is 0 Å². The zero-order chi connectivity index (χ0) is 13.5. The Morgan fingerprint density at radius 3 is 2.72 bits per heavy atom. The number of unbranched alkanes of at least 4 members (excludes halogenated alkanes) is 1. The van der Waals surface area contributed by atoms with Crippen LogP contribution in [0.5, 0.6) is 5.75 Å². The van der Waals surface area contributed by atoms with Crippen LogP contribution in [-0.4, -0.2) is 23.3 Å². The zero-order valence-electron chi connectivity index (χ0n) is 10.2. The maximum Gasteiger partial charge on any atom is 0.303 e. The fraction of sp³-hybridized carbons (Fsp3) is 0.462. The molecule has 1 atom stereocenters. The molecule has 100 valence electrons. The SMILES string of the molecule is COc1ccc(C(O)CCCCC(=O)O)cc1Br. The normalized spacial score (nSPS) is 12.2. The molecule has 0 aliphatic carbocycles. The van der Waals surface area contributed by atoms with Gasteiger partial charge in [-0.3, -0.25) is 4.79 Å². The number of aliphatic carboxylic acids is 1. The van der Waals surface area contributed by atoms with Crippen molar-refractivity contribution in [3.8, 4) is 5.75 Å². The summed E-state index contributed by atoms with van der Waals surface area (Å²) in [5.74, 6) is -0.0755. The summed E-state index contributed by atoms with van der Waals surface area (Å²) in [5.41, 5.74) is 0.804. The number of aliphatic hydroxyl groups is 1. The number of ether oxygens (including phenoxy) is 1. The highest BCUT2D eigenvalue weighted by atomic mass is 79.9. The van der Waals surface area contributed by atoms with Crippen molar-refractivity contribution in [2.45, 2.75) is 31.8 Å². The minimum Gasteiger partial charge on any atom is -0.496 e. The van der Waals surface area contributed by atoms with Gasteiger partial charge in [0.2, 0.25) is 0 Å². The van der Waals surface area contributed by atoms with Crippen molar-refractivity contribution in [2.75, 3.05) is 7.11 Å². The van der Waals surface area contributed by atoms with Crippen molar-refractivity contribution in [3.63, 3.8) is 0 Å². The highest BCUT2D eigenvalue weighted by Crippen LogP contribution is 2.29. The van der Waals surface area contributed by atoms with Crippen molar-refractivity contribution in [1.82, 2.24) is 0 Å². The Hall–Kier alpha value is -1.07. The number of carbonyl (C=O) groups is 1. The van der Waals surface area contributed by atoms with Crippen LogP contribution in [-0.2, 0) is 4.79 Å². The highest BCUT2D eigenvalue weighted by Gasteiger charge is 2.10. The molecule has 4 nitrogen and oxygen atoms in total. The molecular weight excluding hydrogens is 300 g/mol. The Balaban J connectivity index is 2.48. The van der Waals surface area contributed by atoms with E-state index < -0.39 is 12.1 Å². The van der Waals surface area contributed by atoms with Crippen LogP contribution in [0.1, 0.15) is 37.4 Å². The molecule has 2 N–H and O–H groups in total. The zero-order valence-corrected chi connectivity index (χ0v) is 11.8. The molecule has 0 aromatic heterocycles. The molecule has 1 rings (SSSR count). The average molecular weight is 317 g/mol. The summed E-state index contributed by atoms with van der Waals surface area (Å²) in [6.45, 7) is 0. The second kappa shape index (κ2) is 7.38. The fourth-order valence-corrected chi connectivity index (χ4v) is 2.23. The molecule has 1 aromatic carbocycles. The molecule has 0 bridgehead atoms. The molecule has 0 heterocycles. The van der Waals surface area contributed by atoms with E-state index in [0.29, 0.717) is 19.3 Å². The van der Waals surface area contributed by atoms with Gasteiger partial charge in [-0.05, 0) is 52.9 Å². The third kappa shape index (κ3) is 4.66. The lowest BCUT2D eigenvalue weighted by molar-refractivity contribution is -0.137. The van der Waals surface area contributed by atoms with E-state index in [4.69, 9.17) is 9.84 Å². The molecule has 1 unspecified atom stereocenters. The molecule has 0 saturated carbocycles. The summed E-state index contributed by atoms with van der Waals surface area (Å²) in [5, 5.41) is 18.5. The monoisotopic (exact) mass is 316 g/mol. The largest absolute Gasteiger partial charge is 0.496 e. The van der Waals surface area contributed by atoms with Gasteiger partial charge in [-0.1, -0.05) is 6.07 Å². The maximum atomic E-state index is 10.3. The van der Waals surface area contributed by atoms with Crippen LogP contribution < -0.4 is 4.74 Å². The van der Waals surface area contributed by atoms with E-state index in [0.717, 1.165) is 15.8 Å². The van der Waals surface area contributed by atoms with E-state index in [-0.39, 0.29) is 6.42 Å². The third-order valence-corrected chi connectivity index (χ3v) is 3.30. The molecule has 0 radical (unpaired) electrons. The number of halogens is 1. The first-order chi connectivity index (χ1) is 8.54. The van der Waals surface area contributed by atoms with Crippen LogP contribution in [0.2, 0.25) is 0 Å². The minimum absolute atomic E-state index is 0.152. The summed E-state index contributed by atoms with van der Waals surface area (Å²) in [6, 6.07) is 5.42. The summed E-state index contributed by atoms with van der Waals surface area (Å²) in [6.07, 6.45) is 1.42. The van der Waals surface area contributed by atoms with Gasteiger partial charge in [0.05, 0.1) is 17.7 Å². The average Bonchev–Trinajstić information content (AvgIpc) is 2.34. The first-order valence-corrected chi connectivity index (χ1v) is 6.57. The highest BCUT2D eigenvalue weighted by molar-refractivity contribution is 9.10. The van der Waals surface area contributed by atoms with Crippen molar-refractivity contribution < 1.29 is 19.7 Å². The number of methoxy groups -OCH3 is 1. The van der Waals surface area contributed by atoms with Gasteiger partial charge in [-0.25, -0.2) is 0 Å². The summed E-state index contributed by atoms with van der Waals surface area (Å²) in [7, 11) is 1.59. The number of carboxylic acids is 1. The molecule has 18 heavy (non-hydrogen) atoms. The van der Waals surface area contributed by atoms with Gasteiger partial charge < -0.3 is 14.9 Å². The van der Waals surface area contributed by atoms with E-state index in [1.807, 2.05) is 12.1 Å². The van der Waals surface area contributed by atoms with Crippen molar-refractivity contribution >= 4 is 21.9 Å². The van der Waals surface area contributed by atoms with Crippen LogP contribution in [0, 0.1) is 0 Å². The van der Waals surface area contributed by atoms with Crippen LogP contribution in [0.3, 0.4) is 0 Å². The first kappa shape index (κ1) is 15.0. The first-order valence-electron chi connectivity index (χ1n) is 5.78. The second-order valence-corrected chi connectivity index (χ2v) is 4.90. The Kier molecular flexibility index (Phi) is 6.15. The van der Waals surface area contributed by atoms with E-state index in [9.17, 15) is 9.90 Å². The molecule has 0 saturated heterocycles. The Bertz CT molecular complexity index is 406. The van der Waals surface area contributed by atoms with Crippen LogP contribution in [0.4, 0.5) is 0 Å². The van der Waals surface area contributed by atoms with Crippen LogP contribution in [0.25, 0.3) is 0 Å². The predicted molar refractivity (Wildman–Crippen MR) is 71.8 cm³/mol. The Morgan fingerprint density at radius 1 is 1.44 bits per heavy atom. The molecule has 0 spiro atoms. The van der Waals surface area contributed by atoms with E-state index in [2.05, 4.69) is 15.9 Å². The number of aliphatic hydroxyl groups excluding tert-OH is 1. The van der Waals surface area contributed by atoms with E-state index in [1.165, 1.54) is 0 Å². The smallest absolute Gasteiger partial charge is 0.303 e. The van der Waals surface area contributed by atoms with Crippen molar-refractivity contribution in [2.24, 2.45) is 0 Å². The fourth-order valence-electron chi connectivity index (χ4n) is 1.67. The molecule has 5 heteroatoms. The standard InChI is InChI=1S/C13H17BrO4/c1-18-12-7-6-9(8-10(12)14)11(15)4-2-3-5-13(16)17/h6-8,11,15H,2-5H2,1H3,(H,16,17). The third-order valence-electron chi connectivity index (χ3n) is 2.68. The molecule has 0 amide bonds. The van der Waals surface area contributed by atoms with E-state index >= 15 is 0 Å². The number of rotatable bonds is 7. The molecular formula is C13H17BrO4. The lowest BCUT2D eigenvalue weighted by Gasteiger charge is -2.12. The van der Waals surface area contributed by atoms with Gasteiger partial charge in [0, 0.05) is 6.42 Å². The Morgan fingerprint density at radius 2 is 2.17 bits per heavy atom. The minimum atomic E-state index is -0.795. The predicted octanol–water partition coefficient (Wildman–Crippen LogP) is 3.14. The lowest BCUT2D eigenvalue weighted by atomic mass is 10.0. The molecule has 0 aliphatic rings. The number of hydrogen-bond acceptors (Lipinski definition) is 3. The number of hydrogen-bond donors (Lipinski definition) is 2. The van der Waals surface area contributed by atoms with Gasteiger partial charge in [-0.2, -0.15) is 0 Å². The number of carboxylic acid groups (broad SMARTS) is 1. The Labute approximate surface area is 115 Å². The van der Waals surface area contributed by atoms with E-state index in [1.54, 1.807) is 13.2 Å².